The van der Waals surface area contributed by atoms with Gasteiger partial charge < -0.3 is 29.2 Å². The fourth-order valence-electron chi connectivity index (χ4n) is 5.03. The van der Waals surface area contributed by atoms with Crippen LogP contribution in [0.5, 0.6) is 23.0 Å². The molecule has 0 bridgehead atoms. The Balaban J connectivity index is 1.76. The lowest BCUT2D eigenvalue weighted by Gasteiger charge is -2.48. The van der Waals surface area contributed by atoms with E-state index in [0.717, 1.165) is 17.5 Å². The number of hydrogen-bond donors (Lipinski definition) is 2. The highest BCUT2D eigenvalue weighted by Gasteiger charge is 2.60. The fourth-order valence-corrected chi connectivity index (χ4v) is 5.03. The molecule has 5 rings (SSSR count). The Labute approximate surface area is 163 Å². The molecule has 2 aromatic carbocycles. The van der Waals surface area contributed by atoms with Crippen LogP contribution in [0.1, 0.15) is 34.5 Å². The van der Waals surface area contributed by atoms with Crippen molar-refractivity contribution in [3.05, 3.63) is 46.5 Å². The molecule has 2 heterocycles. The van der Waals surface area contributed by atoms with Crippen LogP contribution in [-0.4, -0.2) is 49.7 Å². The van der Waals surface area contributed by atoms with Crippen LogP contribution in [0.2, 0.25) is 0 Å². The Morgan fingerprint density at radius 3 is 2.57 bits per heavy atom. The van der Waals surface area contributed by atoms with Gasteiger partial charge in [-0.15, -0.1) is 0 Å². The van der Waals surface area contributed by atoms with Crippen LogP contribution in [0.3, 0.4) is 0 Å². The molecule has 0 aromatic heterocycles. The number of likely N-dealkylation sites (N-methyl/N-ethyl adjacent to an activating group) is 1. The Morgan fingerprint density at radius 2 is 1.82 bits per heavy atom. The summed E-state index contributed by atoms with van der Waals surface area (Å²) in [6, 6.07) is 7.41. The first-order valence-electron chi connectivity index (χ1n) is 9.29. The Kier molecular flexibility index (Phi) is 3.78. The summed E-state index contributed by atoms with van der Waals surface area (Å²) in [6.07, 6.45) is -1.15. The van der Waals surface area contributed by atoms with Crippen molar-refractivity contribution in [3.63, 3.8) is 0 Å². The summed E-state index contributed by atoms with van der Waals surface area (Å²) in [6.45, 7) is 0.795. The molecular formula is C21H23NO6. The predicted octanol–water partition coefficient (Wildman–Crippen LogP) is 1.90. The molecule has 2 aliphatic heterocycles. The smallest absolute Gasteiger partial charge is 0.231 e. The van der Waals surface area contributed by atoms with Gasteiger partial charge in [0.2, 0.25) is 6.79 Å². The van der Waals surface area contributed by atoms with Gasteiger partial charge >= 0.3 is 0 Å². The molecule has 0 fully saturated rings. The molecule has 3 aliphatic rings. The number of aliphatic hydroxyl groups is 2. The molecule has 1 aliphatic carbocycles. The van der Waals surface area contributed by atoms with Crippen LogP contribution < -0.4 is 18.9 Å². The Hall–Kier alpha value is -2.48. The summed E-state index contributed by atoms with van der Waals surface area (Å²) in [7, 11) is 5.11. The minimum atomic E-state index is -1.05. The third-order valence-corrected chi connectivity index (χ3v) is 6.40. The van der Waals surface area contributed by atoms with Crippen molar-refractivity contribution in [2.24, 2.45) is 0 Å². The minimum Gasteiger partial charge on any atom is -0.493 e. The molecule has 0 saturated carbocycles. The van der Waals surface area contributed by atoms with E-state index in [-0.39, 0.29) is 6.79 Å². The zero-order chi connectivity index (χ0) is 19.6. The molecule has 2 N–H and O–H groups in total. The molecular weight excluding hydrogens is 362 g/mol. The first kappa shape index (κ1) is 17.6. The van der Waals surface area contributed by atoms with E-state index < -0.39 is 17.7 Å². The number of aliphatic hydroxyl groups excluding tert-OH is 2. The largest absolute Gasteiger partial charge is 0.493 e. The topological polar surface area (TPSA) is 80.6 Å². The summed E-state index contributed by atoms with van der Waals surface area (Å²) < 4.78 is 22.1. The first-order valence-corrected chi connectivity index (χ1v) is 9.29. The maximum atomic E-state index is 11.6. The number of fused-ring (bicyclic) bond motifs is 5. The lowest BCUT2D eigenvalue weighted by atomic mass is 9.75. The van der Waals surface area contributed by atoms with Gasteiger partial charge in [0.15, 0.2) is 23.0 Å². The fraction of sp³-hybridized carbons (Fsp3) is 0.429. The third-order valence-electron chi connectivity index (χ3n) is 6.40. The molecule has 1 spiro atoms. The van der Waals surface area contributed by atoms with E-state index in [1.54, 1.807) is 20.3 Å². The number of benzene rings is 2. The van der Waals surface area contributed by atoms with Crippen molar-refractivity contribution in [2.45, 2.75) is 24.2 Å². The van der Waals surface area contributed by atoms with Gasteiger partial charge in [-0.05, 0) is 48.4 Å². The molecule has 2 aromatic rings. The van der Waals surface area contributed by atoms with E-state index >= 15 is 0 Å². The van der Waals surface area contributed by atoms with E-state index in [1.165, 1.54) is 0 Å². The van der Waals surface area contributed by atoms with Crippen LogP contribution in [0.25, 0.3) is 0 Å². The van der Waals surface area contributed by atoms with Gasteiger partial charge in [0.25, 0.3) is 0 Å². The van der Waals surface area contributed by atoms with Crippen LogP contribution in [0, 0.1) is 0 Å². The van der Waals surface area contributed by atoms with Crippen molar-refractivity contribution in [1.29, 1.82) is 0 Å². The number of methoxy groups -OCH3 is 2. The van der Waals surface area contributed by atoms with E-state index in [2.05, 4.69) is 0 Å². The normalized spacial score (nSPS) is 27.6. The van der Waals surface area contributed by atoms with Crippen molar-refractivity contribution < 1.29 is 29.2 Å². The van der Waals surface area contributed by atoms with Gasteiger partial charge in [0, 0.05) is 12.1 Å². The summed E-state index contributed by atoms with van der Waals surface area (Å²) in [5, 5.41) is 23.1. The Morgan fingerprint density at radius 1 is 1.07 bits per heavy atom. The maximum Gasteiger partial charge on any atom is 0.231 e. The third kappa shape index (κ3) is 1.98. The molecule has 3 atom stereocenters. The zero-order valence-corrected chi connectivity index (χ0v) is 16.1. The molecule has 0 amide bonds. The van der Waals surface area contributed by atoms with Crippen LogP contribution in [0.4, 0.5) is 0 Å². The van der Waals surface area contributed by atoms with Gasteiger partial charge in [-0.2, -0.15) is 0 Å². The quantitative estimate of drug-likeness (QED) is 0.817. The highest BCUT2D eigenvalue weighted by Crippen LogP contribution is 2.62. The molecule has 148 valence electrons. The van der Waals surface area contributed by atoms with E-state index in [4.69, 9.17) is 18.9 Å². The summed E-state index contributed by atoms with van der Waals surface area (Å²) in [5.74, 6) is 2.31. The molecule has 28 heavy (non-hydrogen) atoms. The van der Waals surface area contributed by atoms with Gasteiger partial charge in [-0.3, -0.25) is 4.90 Å². The monoisotopic (exact) mass is 385 g/mol. The zero-order valence-electron chi connectivity index (χ0n) is 16.1. The summed E-state index contributed by atoms with van der Waals surface area (Å²) in [4.78, 5) is 2.03. The van der Waals surface area contributed by atoms with Crippen molar-refractivity contribution in [2.75, 3.05) is 34.6 Å². The molecule has 7 nitrogen and oxygen atoms in total. The van der Waals surface area contributed by atoms with Crippen LogP contribution >= 0.6 is 0 Å². The van der Waals surface area contributed by atoms with Gasteiger partial charge in [0.05, 0.1) is 14.2 Å². The molecule has 0 radical (unpaired) electrons. The average Bonchev–Trinajstić information content (AvgIpc) is 3.27. The first-order chi connectivity index (χ1) is 13.5. The Bertz CT molecular complexity index is 960. The van der Waals surface area contributed by atoms with E-state index in [9.17, 15) is 10.2 Å². The number of rotatable bonds is 2. The maximum absolute atomic E-state index is 11.6. The van der Waals surface area contributed by atoms with Gasteiger partial charge in [-0.25, -0.2) is 0 Å². The van der Waals surface area contributed by atoms with Crippen LogP contribution in [0.15, 0.2) is 24.3 Å². The predicted molar refractivity (Wildman–Crippen MR) is 100 cm³/mol. The number of nitrogens with zero attached hydrogens (tertiary/aromatic N) is 1. The van der Waals surface area contributed by atoms with Crippen LogP contribution in [-0.2, 0) is 12.0 Å². The summed E-state index contributed by atoms with van der Waals surface area (Å²) >= 11 is 0. The highest BCUT2D eigenvalue weighted by molar-refractivity contribution is 5.62. The number of hydrogen-bond acceptors (Lipinski definition) is 7. The molecule has 0 saturated heterocycles. The van der Waals surface area contributed by atoms with E-state index in [1.807, 2.05) is 30.1 Å². The SMILES string of the molecule is COc1cc2c(cc1OC)[C@]1([C@H](O)c3ccc4c(c3[C@@H]1O)OCO4)N(C)CC2. The second-order valence-corrected chi connectivity index (χ2v) is 7.47. The number of ether oxygens (including phenoxy) is 4. The van der Waals surface area contributed by atoms with Gasteiger partial charge in [-0.1, -0.05) is 6.07 Å². The lowest BCUT2D eigenvalue weighted by molar-refractivity contribution is -0.0951. The second kappa shape index (κ2) is 6.01. The lowest BCUT2D eigenvalue weighted by Crippen LogP contribution is -2.53. The standard InChI is InChI=1S/C21H23NO6/c1-22-7-6-11-8-15(25-2)16(26-3)9-13(11)21(22)19(23)12-4-5-14-18(28-10-27-14)17(12)20(21)24/h4-5,8-9,19-20,23-24H,6-7,10H2,1-3H3/t19-,20+,21-/m1/s1. The van der Waals surface area contributed by atoms with Crippen molar-refractivity contribution in [1.82, 2.24) is 4.90 Å². The van der Waals surface area contributed by atoms with Gasteiger partial charge in [0.1, 0.15) is 17.7 Å². The van der Waals surface area contributed by atoms with Crippen molar-refractivity contribution >= 4 is 0 Å². The minimum absolute atomic E-state index is 0.110. The second-order valence-electron chi connectivity index (χ2n) is 7.47. The highest BCUT2D eigenvalue weighted by atomic mass is 16.7. The molecule has 7 heteroatoms. The van der Waals surface area contributed by atoms with E-state index in [0.29, 0.717) is 40.7 Å². The summed E-state index contributed by atoms with van der Waals surface area (Å²) in [5.41, 5.74) is 2.07. The van der Waals surface area contributed by atoms with Crippen molar-refractivity contribution in [3.8, 4) is 23.0 Å². The molecule has 0 unspecified atom stereocenters. The average molecular weight is 385 g/mol.